The summed E-state index contributed by atoms with van der Waals surface area (Å²) in [6.07, 6.45) is 4.37. The van der Waals surface area contributed by atoms with Crippen molar-refractivity contribution in [1.29, 1.82) is 0 Å². The van der Waals surface area contributed by atoms with Crippen LogP contribution in [0.3, 0.4) is 0 Å². The SMILES string of the molecule is CCNC(=NCC1CC(=O)N(CCc2ccccc2)C1)NCC1CCCC1O. The highest BCUT2D eigenvalue weighted by molar-refractivity contribution is 5.80. The average molecular weight is 387 g/mol. The Morgan fingerprint density at radius 1 is 1.25 bits per heavy atom. The molecule has 154 valence electrons. The molecule has 0 bridgehead atoms. The van der Waals surface area contributed by atoms with Crippen LogP contribution in [0, 0.1) is 11.8 Å². The average Bonchev–Trinajstić information content (AvgIpc) is 3.28. The molecule has 1 aromatic carbocycles. The molecule has 1 amide bonds. The van der Waals surface area contributed by atoms with Crippen molar-refractivity contribution in [2.75, 3.05) is 32.7 Å². The molecule has 2 aliphatic rings. The highest BCUT2D eigenvalue weighted by Crippen LogP contribution is 2.24. The minimum Gasteiger partial charge on any atom is -0.393 e. The van der Waals surface area contributed by atoms with Gasteiger partial charge < -0.3 is 20.6 Å². The van der Waals surface area contributed by atoms with Gasteiger partial charge >= 0.3 is 0 Å². The molecule has 6 nitrogen and oxygen atoms in total. The lowest BCUT2D eigenvalue weighted by molar-refractivity contribution is -0.127. The normalized spacial score (nSPS) is 25.4. The molecule has 28 heavy (non-hydrogen) atoms. The molecule has 2 fully saturated rings. The quantitative estimate of drug-likeness (QED) is 0.470. The van der Waals surface area contributed by atoms with Gasteiger partial charge in [-0.2, -0.15) is 0 Å². The van der Waals surface area contributed by atoms with E-state index in [0.717, 1.165) is 57.8 Å². The van der Waals surface area contributed by atoms with Crippen LogP contribution < -0.4 is 10.6 Å². The number of hydrogen-bond donors (Lipinski definition) is 3. The summed E-state index contributed by atoms with van der Waals surface area (Å²) < 4.78 is 0. The molecular formula is C22H34N4O2. The van der Waals surface area contributed by atoms with Gasteiger partial charge in [-0.05, 0) is 31.7 Å². The zero-order valence-electron chi connectivity index (χ0n) is 16.9. The molecule has 1 heterocycles. The summed E-state index contributed by atoms with van der Waals surface area (Å²) in [6.45, 7) is 5.81. The molecular weight excluding hydrogens is 352 g/mol. The maximum atomic E-state index is 12.3. The fraction of sp³-hybridized carbons (Fsp3) is 0.636. The standard InChI is InChI=1S/C22H34N4O2/c1-2-23-22(25-15-19-9-6-10-20(19)27)24-14-18-13-21(28)26(16-18)12-11-17-7-4-3-5-8-17/h3-5,7-8,18-20,27H,2,6,9-16H2,1H3,(H2,23,24,25). The number of amides is 1. The van der Waals surface area contributed by atoms with Crippen LogP contribution in [-0.4, -0.2) is 60.7 Å². The van der Waals surface area contributed by atoms with Gasteiger partial charge in [-0.15, -0.1) is 0 Å². The number of aliphatic hydroxyl groups is 1. The second kappa shape index (κ2) is 10.5. The predicted octanol–water partition coefficient (Wildman–Crippen LogP) is 1.79. The number of rotatable bonds is 8. The van der Waals surface area contributed by atoms with E-state index in [1.807, 2.05) is 30.0 Å². The van der Waals surface area contributed by atoms with Gasteiger partial charge in [-0.1, -0.05) is 36.8 Å². The van der Waals surface area contributed by atoms with Crippen LogP contribution >= 0.6 is 0 Å². The number of benzene rings is 1. The third-order valence-electron chi connectivity index (χ3n) is 5.81. The number of carbonyl (C=O) groups excluding carboxylic acids is 1. The maximum Gasteiger partial charge on any atom is 0.223 e. The van der Waals surface area contributed by atoms with Crippen LogP contribution in [0.1, 0.15) is 38.2 Å². The van der Waals surface area contributed by atoms with Gasteiger partial charge in [0.05, 0.1) is 6.10 Å². The largest absolute Gasteiger partial charge is 0.393 e. The van der Waals surface area contributed by atoms with Crippen molar-refractivity contribution in [3.05, 3.63) is 35.9 Å². The molecule has 3 N–H and O–H groups in total. The van der Waals surface area contributed by atoms with Gasteiger partial charge in [0.2, 0.25) is 5.91 Å². The smallest absolute Gasteiger partial charge is 0.223 e. The molecule has 3 rings (SSSR count). The van der Waals surface area contributed by atoms with E-state index in [1.165, 1.54) is 5.56 Å². The second-order valence-corrected chi connectivity index (χ2v) is 8.00. The van der Waals surface area contributed by atoms with E-state index in [1.54, 1.807) is 0 Å². The molecule has 1 aliphatic carbocycles. The van der Waals surface area contributed by atoms with E-state index in [2.05, 4.69) is 22.8 Å². The number of carbonyl (C=O) groups is 1. The Morgan fingerprint density at radius 3 is 2.79 bits per heavy atom. The minimum absolute atomic E-state index is 0.194. The number of nitrogens with zero attached hydrogens (tertiary/aromatic N) is 2. The molecule has 1 aliphatic heterocycles. The van der Waals surface area contributed by atoms with E-state index in [0.29, 0.717) is 18.9 Å². The monoisotopic (exact) mass is 386 g/mol. The molecule has 1 saturated carbocycles. The number of likely N-dealkylation sites (tertiary alicyclic amines) is 1. The van der Waals surface area contributed by atoms with Crippen molar-refractivity contribution in [2.24, 2.45) is 16.8 Å². The lowest BCUT2D eigenvalue weighted by atomic mass is 10.1. The Morgan fingerprint density at radius 2 is 2.07 bits per heavy atom. The van der Waals surface area contributed by atoms with E-state index >= 15 is 0 Å². The number of aliphatic imine (C=N–C) groups is 1. The van der Waals surface area contributed by atoms with Crippen LogP contribution in [0.4, 0.5) is 0 Å². The molecule has 0 radical (unpaired) electrons. The first kappa shape index (κ1) is 20.6. The summed E-state index contributed by atoms with van der Waals surface area (Å²) in [7, 11) is 0. The summed E-state index contributed by atoms with van der Waals surface area (Å²) in [6, 6.07) is 10.3. The number of nitrogens with one attached hydrogen (secondary N) is 2. The highest BCUT2D eigenvalue weighted by Gasteiger charge is 2.29. The number of guanidine groups is 1. The Bertz CT molecular complexity index is 649. The first-order valence-electron chi connectivity index (χ1n) is 10.7. The van der Waals surface area contributed by atoms with Gasteiger partial charge in [-0.25, -0.2) is 0 Å². The molecule has 1 aromatic rings. The number of hydrogen-bond acceptors (Lipinski definition) is 3. The Balaban J connectivity index is 1.45. The lowest BCUT2D eigenvalue weighted by Gasteiger charge is -2.18. The first-order valence-corrected chi connectivity index (χ1v) is 10.7. The topological polar surface area (TPSA) is 77.0 Å². The Kier molecular flexibility index (Phi) is 7.71. The first-order chi connectivity index (χ1) is 13.7. The third kappa shape index (κ3) is 5.96. The van der Waals surface area contributed by atoms with Crippen molar-refractivity contribution in [3.8, 4) is 0 Å². The minimum atomic E-state index is -0.194. The molecule has 6 heteroatoms. The molecule has 0 aromatic heterocycles. The van der Waals surface area contributed by atoms with Crippen molar-refractivity contribution >= 4 is 11.9 Å². The summed E-state index contributed by atoms with van der Waals surface area (Å²) in [5, 5.41) is 16.6. The Hall–Kier alpha value is -2.08. The lowest BCUT2D eigenvalue weighted by Crippen LogP contribution is -2.41. The van der Waals surface area contributed by atoms with Crippen molar-refractivity contribution in [3.63, 3.8) is 0 Å². The zero-order chi connectivity index (χ0) is 19.8. The molecule has 0 spiro atoms. The fourth-order valence-corrected chi connectivity index (χ4v) is 4.15. The van der Waals surface area contributed by atoms with Crippen LogP contribution in [-0.2, 0) is 11.2 Å². The van der Waals surface area contributed by atoms with E-state index in [-0.39, 0.29) is 17.9 Å². The zero-order valence-corrected chi connectivity index (χ0v) is 16.9. The van der Waals surface area contributed by atoms with Crippen molar-refractivity contribution in [2.45, 2.75) is 45.1 Å². The van der Waals surface area contributed by atoms with E-state index in [9.17, 15) is 9.90 Å². The van der Waals surface area contributed by atoms with Crippen LogP contribution in [0.2, 0.25) is 0 Å². The summed E-state index contributed by atoms with van der Waals surface area (Å²) in [5.74, 6) is 1.61. The molecule has 3 atom stereocenters. The second-order valence-electron chi connectivity index (χ2n) is 8.00. The number of aliphatic hydroxyl groups excluding tert-OH is 1. The Labute approximate surface area is 168 Å². The van der Waals surface area contributed by atoms with Crippen molar-refractivity contribution < 1.29 is 9.90 Å². The predicted molar refractivity (Wildman–Crippen MR) is 112 cm³/mol. The summed E-state index contributed by atoms with van der Waals surface area (Å²) in [5.41, 5.74) is 1.27. The summed E-state index contributed by atoms with van der Waals surface area (Å²) in [4.78, 5) is 19.0. The van der Waals surface area contributed by atoms with Crippen LogP contribution in [0.25, 0.3) is 0 Å². The van der Waals surface area contributed by atoms with Gasteiger partial charge in [-0.3, -0.25) is 9.79 Å². The van der Waals surface area contributed by atoms with Crippen LogP contribution in [0.5, 0.6) is 0 Å². The van der Waals surface area contributed by atoms with E-state index in [4.69, 9.17) is 4.99 Å². The highest BCUT2D eigenvalue weighted by atomic mass is 16.3. The maximum absolute atomic E-state index is 12.3. The van der Waals surface area contributed by atoms with Crippen LogP contribution in [0.15, 0.2) is 35.3 Å². The van der Waals surface area contributed by atoms with Gasteiger partial charge in [0.15, 0.2) is 5.96 Å². The molecule has 1 saturated heterocycles. The van der Waals surface area contributed by atoms with E-state index < -0.39 is 0 Å². The fourth-order valence-electron chi connectivity index (χ4n) is 4.15. The third-order valence-corrected chi connectivity index (χ3v) is 5.81. The summed E-state index contributed by atoms with van der Waals surface area (Å²) >= 11 is 0. The van der Waals surface area contributed by atoms with Gasteiger partial charge in [0.25, 0.3) is 0 Å². The van der Waals surface area contributed by atoms with Gasteiger partial charge in [0.1, 0.15) is 0 Å². The molecule has 3 unspecified atom stereocenters. The van der Waals surface area contributed by atoms with Gasteiger partial charge in [0, 0.05) is 51.0 Å². The van der Waals surface area contributed by atoms with Crippen molar-refractivity contribution in [1.82, 2.24) is 15.5 Å².